The number of nitrogen functional groups attached to an aromatic ring is 2. The monoisotopic (exact) mass is 271 g/mol. The number of benzene rings is 2. The molecule has 2 aromatic rings. The van der Waals surface area contributed by atoms with Crippen LogP contribution in [0.5, 0.6) is 5.75 Å². The first kappa shape index (κ1) is 13.7. The molecule has 5 N–H and O–H groups in total. The lowest BCUT2D eigenvalue weighted by Gasteiger charge is -2.08. The lowest BCUT2D eigenvalue weighted by atomic mass is 10.1. The van der Waals surface area contributed by atoms with E-state index in [1.165, 1.54) is 0 Å². The Morgan fingerprint density at radius 1 is 1.15 bits per heavy atom. The zero-order valence-electron chi connectivity index (χ0n) is 11.2. The van der Waals surface area contributed by atoms with E-state index in [4.69, 9.17) is 16.2 Å². The fourth-order valence-electron chi connectivity index (χ4n) is 1.83. The largest absolute Gasteiger partial charge is 0.497 e. The first-order valence-corrected chi connectivity index (χ1v) is 6.16. The summed E-state index contributed by atoms with van der Waals surface area (Å²) in [6.45, 7) is 0. The molecule has 0 saturated heterocycles. The Balaban J connectivity index is 2.01. The standard InChI is InChI=1S/C15H17N3O2/c1-20-13-6-4-12(5-7-13)18-15(19)8-10-2-3-11(16)9-14(10)17/h2-7,9H,8,16-17H2,1H3,(H,18,19). The predicted molar refractivity (Wildman–Crippen MR) is 80.6 cm³/mol. The summed E-state index contributed by atoms with van der Waals surface area (Å²) in [4.78, 5) is 11.9. The van der Waals surface area contributed by atoms with Gasteiger partial charge < -0.3 is 21.5 Å². The average molecular weight is 271 g/mol. The molecule has 0 aromatic heterocycles. The van der Waals surface area contributed by atoms with Gasteiger partial charge in [-0.1, -0.05) is 6.07 Å². The smallest absolute Gasteiger partial charge is 0.228 e. The van der Waals surface area contributed by atoms with Crippen LogP contribution in [0.15, 0.2) is 42.5 Å². The second-order valence-electron chi connectivity index (χ2n) is 4.41. The molecule has 0 unspecified atom stereocenters. The van der Waals surface area contributed by atoms with Gasteiger partial charge in [0.2, 0.25) is 5.91 Å². The number of hydrogen-bond donors (Lipinski definition) is 3. The Morgan fingerprint density at radius 2 is 1.85 bits per heavy atom. The number of carbonyl (C=O) groups excluding carboxylic acids is 1. The van der Waals surface area contributed by atoms with Crippen molar-refractivity contribution < 1.29 is 9.53 Å². The number of nitrogens with one attached hydrogen (secondary N) is 1. The molecule has 20 heavy (non-hydrogen) atoms. The molecule has 2 rings (SSSR count). The van der Waals surface area contributed by atoms with Crippen LogP contribution in [-0.2, 0) is 11.2 Å². The third-order valence-corrected chi connectivity index (χ3v) is 2.89. The lowest BCUT2D eigenvalue weighted by Crippen LogP contribution is -2.15. The zero-order chi connectivity index (χ0) is 14.5. The van der Waals surface area contributed by atoms with Crippen molar-refractivity contribution >= 4 is 23.0 Å². The van der Waals surface area contributed by atoms with Crippen LogP contribution in [-0.4, -0.2) is 13.0 Å². The minimum Gasteiger partial charge on any atom is -0.497 e. The summed E-state index contributed by atoms with van der Waals surface area (Å²) in [6.07, 6.45) is 0.206. The summed E-state index contributed by atoms with van der Waals surface area (Å²) in [5.41, 5.74) is 14.0. The van der Waals surface area contributed by atoms with Gasteiger partial charge in [-0.15, -0.1) is 0 Å². The predicted octanol–water partition coefficient (Wildman–Crippen LogP) is 2.04. The van der Waals surface area contributed by atoms with Gasteiger partial charge in [-0.3, -0.25) is 4.79 Å². The van der Waals surface area contributed by atoms with Gasteiger partial charge in [-0.05, 0) is 42.0 Å². The molecule has 5 nitrogen and oxygen atoms in total. The number of nitrogens with two attached hydrogens (primary N) is 2. The van der Waals surface area contributed by atoms with E-state index in [0.717, 1.165) is 11.3 Å². The molecule has 104 valence electrons. The van der Waals surface area contributed by atoms with Crippen LogP contribution in [0.3, 0.4) is 0 Å². The van der Waals surface area contributed by atoms with E-state index in [9.17, 15) is 4.79 Å². The number of carbonyl (C=O) groups is 1. The molecule has 2 aromatic carbocycles. The summed E-state index contributed by atoms with van der Waals surface area (Å²) < 4.78 is 5.06. The Bertz CT molecular complexity index is 609. The SMILES string of the molecule is COc1ccc(NC(=O)Cc2ccc(N)cc2N)cc1. The highest BCUT2D eigenvalue weighted by molar-refractivity contribution is 5.93. The first-order chi connectivity index (χ1) is 9.58. The number of hydrogen-bond acceptors (Lipinski definition) is 4. The number of anilines is 3. The topological polar surface area (TPSA) is 90.4 Å². The van der Waals surface area contributed by atoms with Crippen molar-refractivity contribution in [3.8, 4) is 5.75 Å². The number of amides is 1. The van der Waals surface area contributed by atoms with Crippen molar-refractivity contribution in [2.75, 3.05) is 23.9 Å². The fourth-order valence-corrected chi connectivity index (χ4v) is 1.83. The van der Waals surface area contributed by atoms with Crippen LogP contribution in [0.2, 0.25) is 0 Å². The van der Waals surface area contributed by atoms with E-state index < -0.39 is 0 Å². The second kappa shape index (κ2) is 5.97. The molecule has 0 atom stereocenters. The van der Waals surface area contributed by atoms with E-state index in [0.29, 0.717) is 17.1 Å². The molecule has 0 fully saturated rings. The summed E-state index contributed by atoms with van der Waals surface area (Å²) in [6, 6.07) is 12.3. The van der Waals surface area contributed by atoms with Gasteiger partial charge in [0.1, 0.15) is 5.75 Å². The molecule has 1 amide bonds. The minimum absolute atomic E-state index is 0.133. The van der Waals surface area contributed by atoms with Crippen molar-refractivity contribution in [1.29, 1.82) is 0 Å². The molecule has 0 heterocycles. The zero-order valence-corrected chi connectivity index (χ0v) is 11.2. The molecule has 0 aliphatic carbocycles. The van der Waals surface area contributed by atoms with E-state index >= 15 is 0 Å². The van der Waals surface area contributed by atoms with E-state index in [1.54, 1.807) is 49.6 Å². The van der Waals surface area contributed by atoms with Gasteiger partial charge in [0.05, 0.1) is 13.5 Å². The van der Waals surface area contributed by atoms with E-state index in [1.807, 2.05) is 0 Å². The third-order valence-electron chi connectivity index (χ3n) is 2.89. The van der Waals surface area contributed by atoms with Crippen LogP contribution in [0, 0.1) is 0 Å². The number of ether oxygens (including phenoxy) is 1. The highest BCUT2D eigenvalue weighted by atomic mass is 16.5. The van der Waals surface area contributed by atoms with Gasteiger partial charge in [0, 0.05) is 17.1 Å². The minimum atomic E-state index is -0.133. The van der Waals surface area contributed by atoms with Gasteiger partial charge in [0.25, 0.3) is 0 Å². The van der Waals surface area contributed by atoms with E-state index in [2.05, 4.69) is 5.32 Å². The maximum absolute atomic E-state index is 11.9. The van der Waals surface area contributed by atoms with Crippen LogP contribution in [0.4, 0.5) is 17.1 Å². The lowest BCUT2D eigenvalue weighted by molar-refractivity contribution is -0.115. The van der Waals surface area contributed by atoms with Gasteiger partial charge >= 0.3 is 0 Å². The van der Waals surface area contributed by atoms with Crippen molar-refractivity contribution in [1.82, 2.24) is 0 Å². The van der Waals surface area contributed by atoms with E-state index in [-0.39, 0.29) is 12.3 Å². The molecular weight excluding hydrogens is 254 g/mol. The summed E-state index contributed by atoms with van der Waals surface area (Å²) in [5.74, 6) is 0.609. The van der Waals surface area contributed by atoms with Crippen LogP contribution in [0.25, 0.3) is 0 Å². The summed E-state index contributed by atoms with van der Waals surface area (Å²) in [5, 5.41) is 2.80. The van der Waals surface area contributed by atoms with Gasteiger partial charge in [-0.25, -0.2) is 0 Å². The van der Waals surface area contributed by atoms with Crippen molar-refractivity contribution in [2.45, 2.75) is 6.42 Å². The molecule has 0 aliphatic rings. The van der Waals surface area contributed by atoms with Crippen LogP contribution >= 0.6 is 0 Å². The number of rotatable bonds is 4. The maximum atomic E-state index is 11.9. The highest BCUT2D eigenvalue weighted by Gasteiger charge is 2.07. The third kappa shape index (κ3) is 3.41. The Morgan fingerprint density at radius 3 is 2.45 bits per heavy atom. The average Bonchev–Trinajstić information content (AvgIpc) is 2.43. The Labute approximate surface area is 117 Å². The molecular formula is C15H17N3O2. The van der Waals surface area contributed by atoms with Gasteiger partial charge in [-0.2, -0.15) is 0 Å². The molecule has 0 spiro atoms. The molecule has 0 saturated carbocycles. The Hall–Kier alpha value is -2.69. The van der Waals surface area contributed by atoms with Crippen molar-refractivity contribution in [3.63, 3.8) is 0 Å². The normalized spacial score (nSPS) is 10.1. The van der Waals surface area contributed by atoms with Crippen LogP contribution < -0.4 is 21.5 Å². The highest BCUT2D eigenvalue weighted by Crippen LogP contribution is 2.18. The van der Waals surface area contributed by atoms with Crippen LogP contribution in [0.1, 0.15) is 5.56 Å². The first-order valence-electron chi connectivity index (χ1n) is 6.16. The molecule has 5 heteroatoms. The Kier molecular flexibility index (Phi) is 4.10. The maximum Gasteiger partial charge on any atom is 0.228 e. The molecule has 0 radical (unpaired) electrons. The quantitative estimate of drug-likeness (QED) is 0.742. The van der Waals surface area contributed by atoms with Gasteiger partial charge in [0.15, 0.2) is 0 Å². The number of methoxy groups -OCH3 is 1. The fraction of sp³-hybridized carbons (Fsp3) is 0.133. The van der Waals surface area contributed by atoms with Crippen molar-refractivity contribution in [3.05, 3.63) is 48.0 Å². The second-order valence-corrected chi connectivity index (χ2v) is 4.41. The summed E-state index contributed by atoms with van der Waals surface area (Å²) >= 11 is 0. The summed E-state index contributed by atoms with van der Waals surface area (Å²) in [7, 11) is 1.59. The molecule has 0 bridgehead atoms. The van der Waals surface area contributed by atoms with Crippen molar-refractivity contribution in [2.24, 2.45) is 0 Å². The molecule has 0 aliphatic heterocycles.